The van der Waals surface area contributed by atoms with E-state index in [1.54, 1.807) is 25.4 Å². The molecule has 4 aromatic rings. The average molecular weight is 477 g/mol. The minimum Gasteiger partial charge on any atom is -0.401 e. The van der Waals surface area contributed by atoms with Crippen LogP contribution in [0.4, 0.5) is 4.39 Å². The molecule has 32 heavy (non-hydrogen) atoms. The Kier molecular flexibility index (Phi) is 5.40. The molecule has 11 heteroatoms. The lowest BCUT2D eigenvalue weighted by Gasteiger charge is -2.17. The fourth-order valence-electron chi connectivity index (χ4n) is 3.91. The van der Waals surface area contributed by atoms with Gasteiger partial charge in [0.25, 0.3) is 0 Å². The lowest BCUT2D eigenvalue weighted by molar-refractivity contribution is 0.0492. The third-order valence-corrected chi connectivity index (χ3v) is 6.30. The van der Waals surface area contributed by atoms with E-state index < -0.39 is 17.6 Å². The fourth-order valence-corrected chi connectivity index (χ4v) is 4.58. The summed E-state index contributed by atoms with van der Waals surface area (Å²) in [5.41, 5.74) is 2.17. The molecule has 3 aromatic heterocycles. The zero-order valence-electron chi connectivity index (χ0n) is 17.0. The number of pyridine rings is 1. The predicted octanol–water partition coefficient (Wildman–Crippen LogP) is 3.76. The minimum atomic E-state index is -0.802. The number of hydrogen-bond acceptors (Lipinski definition) is 5. The first kappa shape index (κ1) is 21.0. The number of aromatic nitrogens is 5. The molecular weight excluding hydrogens is 458 g/mol. The Balaban J connectivity index is 1.50. The standard InChI is InChI=1S/C21H19Cl2FN6O2/c1-11(18-15(22)2-3-16(24)19(18)23)32-30-17-6-12(7-26-20(17)28-21(30)31)13-8-27-29(10-13)14-4-5-25-9-14/h2-3,6-8,10-11,14,25H,4-5,9H2,1H3,(H,26,28,31). The second kappa shape index (κ2) is 8.23. The van der Waals surface area contributed by atoms with Gasteiger partial charge in [0.05, 0.1) is 17.3 Å². The Labute approximate surface area is 191 Å². The molecule has 166 valence electrons. The molecular formula is C21H19Cl2FN6O2. The van der Waals surface area contributed by atoms with Gasteiger partial charge in [0.2, 0.25) is 0 Å². The van der Waals surface area contributed by atoms with Crippen LogP contribution in [0.15, 0.2) is 41.6 Å². The molecule has 0 radical (unpaired) electrons. The molecule has 1 aliphatic heterocycles. The Morgan fingerprint density at radius 2 is 2.12 bits per heavy atom. The number of benzene rings is 1. The summed E-state index contributed by atoms with van der Waals surface area (Å²) in [6.45, 7) is 3.49. The summed E-state index contributed by atoms with van der Waals surface area (Å²) in [4.78, 5) is 25.4. The summed E-state index contributed by atoms with van der Waals surface area (Å²) in [6.07, 6.45) is 5.62. The van der Waals surface area contributed by atoms with Gasteiger partial charge in [-0.15, -0.1) is 4.73 Å². The summed E-state index contributed by atoms with van der Waals surface area (Å²) >= 11 is 12.3. The second-order valence-corrected chi connectivity index (χ2v) is 8.46. The van der Waals surface area contributed by atoms with Crippen LogP contribution in [-0.4, -0.2) is 37.6 Å². The van der Waals surface area contributed by atoms with Gasteiger partial charge >= 0.3 is 5.69 Å². The van der Waals surface area contributed by atoms with Crippen LogP contribution < -0.4 is 15.8 Å². The van der Waals surface area contributed by atoms with E-state index in [2.05, 4.69) is 20.4 Å². The molecule has 0 bridgehead atoms. The van der Waals surface area contributed by atoms with Crippen LogP contribution in [-0.2, 0) is 0 Å². The van der Waals surface area contributed by atoms with Crippen LogP contribution in [0.25, 0.3) is 22.3 Å². The largest absolute Gasteiger partial charge is 0.401 e. The summed E-state index contributed by atoms with van der Waals surface area (Å²) < 4.78 is 17.0. The highest BCUT2D eigenvalue weighted by Crippen LogP contribution is 2.33. The van der Waals surface area contributed by atoms with Crippen molar-refractivity contribution in [3.05, 3.63) is 68.7 Å². The highest BCUT2D eigenvalue weighted by atomic mass is 35.5. The van der Waals surface area contributed by atoms with E-state index in [1.807, 2.05) is 10.9 Å². The molecule has 2 N–H and O–H groups in total. The number of rotatable bonds is 5. The first-order chi connectivity index (χ1) is 15.4. The molecule has 2 atom stereocenters. The summed E-state index contributed by atoms with van der Waals surface area (Å²) in [5, 5.41) is 7.89. The van der Waals surface area contributed by atoms with Gasteiger partial charge in [0, 0.05) is 40.7 Å². The third-order valence-electron chi connectivity index (χ3n) is 5.59. The maximum absolute atomic E-state index is 13.9. The van der Waals surface area contributed by atoms with Gasteiger partial charge < -0.3 is 10.2 Å². The maximum Gasteiger partial charge on any atom is 0.360 e. The molecule has 0 aliphatic carbocycles. The third kappa shape index (κ3) is 3.66. The number of hydrogen-bond donors (Lipinski definition) is 2. The van der Waals surface area contributed by atoms with Crippen molar-refractivity contribution < 1.29 is 9.23 Å². The SMILES string of the molecule is CC(On1c(=O)[nH]c2ncc(-c3cnn(C4CCNC4)c3)cc21)c1c(Cl)ccc(F)c1Cl. The number of fused-ring (bicyclic) bond motifs is 1. The van der Waals surface area contributed by atoms with E-state index in [4.69, 9.17) is 28.0 Å². The minimum absolute atomic E-state index is 0.148. The van der Waals surface area contributed by atoms with E-state index in [0.29, 0.717) is 17.2 Å². The molecule has 0 amide bonds. The van der Waals surface area contributed by atoms with E-state index in [9.17, 15) is 9.18 Å². The highest BCUT2D eigenvalue weighted by molar-refractivity contribution is 6.36. The van der Waals surface area contributed by atoms with Gasteiger partial charge in [-0.3, -0.25) is 9.67 Å². The molecule has 0 saturated carbocycles. The summed E-state index contributed by atoms with van der Waals surface area (Å²) in [6, 6.07) is 4.68. The van der Waals surface area contributed by atoms with Crippen molar-refractivity contribution in [3.63, 3.8) is 0 Å². The van der Waals surface area contributed by atoms with Gasteiger partial charge in [-0.2, -0.15) is 5.10 Å². The first-order valence-electron chi connectivity index (χ1n) is 10.1. The van der Waals surface area contributed by atoms with Crippen molar-refractivity contribution in [1.82, 2.24) is 29.8 Å². The van der Waals surface area contributed by atoms with Gasteiger partial charge in [-0.25, -0.2) is 14.2 Å². The van der Waals surface area contributed by atoms with Crippen LogP contribution in [0.1, 0.15) is 31.1 Å². The fraction of sp³-hybridized carbons (Fsp3) is 0.286. The number of halogens is 3. The van der Waals surface area contributed by atoms with E-state index in [1.165, 1.54) is 12.1 Å². The van der Waals surface area contributed by atoms with Crippen molar-refractivity contribution >= 4 is 34.4 Å². The average Bonchev–Trinajstić information content (AvgIpc) is 3.51. The van der Waals surface area contributed by atoms with Crippen molar-refractivity contribution in [3.8, 4) is 11.1 Å². The summed E-state index contributed by atoms with van der Waals surface area (Å²) in [7, 11) is 0. The number of nitrogens with zero attached hydrogens (tertiary/aromatic N) is 4. The molecule has 1 aliphatic rings. The molecule has 1 fully saturated rings. The lowest BCUT2D eigenvalue weighted by atomic mass is 10.1. The van der Waals surface area contributed by atoms with Crippen LogP contribution in [0.5, 0.6) is 0 Å². The van der Waals surface area contributed by atoms with Crippen molar-refractivity contribution in [2.75, 3.05) is 13.1 Å². The smallest absolute Gasteiger partial charge is 0.360 e. The quantitative estimate of drug-likeness (QED) is 0.428. The van der Waals surface area contributed by atoms with Crippen LogP contribution in [0.3, 0.4) is 0 Å². The molecule has 1 saturated heterocycles. The number of aromatic amines is 1. The molecule has 8 nitrogen and oxygen atoms in total. The first-order valence-corrected chi connectivity index (χ1v) is 10.8. The van der Waals surface area contributed by atoms with E-state index in [0.717, 1.165) is 35.4 Å². The lowest BCUT2D eigenvalue weighted by Crippen LogP contribution is -2.26. The Morgan fingerprint density at radius 3 is 2.91 bits per heavy atom. The number of nitrogens with one attached hydrogen (secondary N) is 2. The summed E-state index contributed by atoms with van der Waals surface area (Å²) in [5.74, 6) is -0.619. The van der Waals surface area contributed by atoms with Gasteiger partial charge in [0.15, 0.2) is 11.8 Å². The van der Waals surface area contributed by atoms with Crippen molar-refractivity contribution in [2.45, 2.75) is 25.5 Å². The van der Waals surface area contributed by atoms with Crippen LogP contribution in [0.2, 0.25) is 10.0 Å². The van der Waals surface area contributed by atoms with E-state index in [-0.39, 0.29) is 15.6 Å². The van der Waals surface area contributed by atoms with Crippen LogP contribution >= 0.6 is 23.2 Å². The molecule has 5 rings (SSSR count). The van der Waals surface area contributed by atoms with Gasteiger partial charge in [0.1, 0.15) is 11.3 Å². The maximum atomic E-state index is 13.9. The van der Waals surface area contributed by atoms with Gasteiger partial charge in [-0.05, 0) is 38.1 Å². The molecule has 2 unspecified atom stereocenters. The molecule has 1 aromatic carbocycles. The molecule has 4 heterocycles. The number of imidazole rings is 1. The zero-order chi connectivity index (χ0) is 22.4. The highest BCUT2D eigenvalue weighted by Gasteiger charge is 2.22. The molecule has 0 spiro atoms. The normalized spacial score (nSPS) is 17.2. The van der Waals surface area contributed by atoms with E-state index >= 15 is 0 Å². The Hall–Kier alpha value is -2.88. The van der Waals surface area contributed by atoms with Crippen molar-refractivity contribution in [1.29, 1.82) is 0 Å². The van der Waals surface area contributed by atoms with Gasteiger partial charge in [-0.1, -0.05) is 23.2 Å². The second-order valence-electron chi connectivity index (χ2n) is 7.68. The Bertz CT molecular complexity index is 1360. The Morgan fingerprint density at radius 1 is 1.28 bits per heavy atom. The number of H-pyrrole nitrogens is 1. The topological polar surface area (TPSA) is 89.8 Å². The monoisotopic (exact) mass is 476 g/mol. The van der Waals surface area contributed by atoms with Crippen molar-refractivity contribution in [2.24, 2.45) is 0 Å². The predicted molar refractivity (Wildman–Crippen MR) is 120 cm³/mol. The zero-order valence-corrected chi connectivity index (χ0v) is 18.5. The van der Waals surface area contributed by atoms with Crippen LogP contribution in [0, 0.1) is 5.82 Å².